The molecule has 136 valence electrons. The zero-order chi connectivity index (χ0) is 18.0. The highest BCUT2D eigenvalue weighted by Gasteiger charge is 2.08. The van der Waals surface area contributed by atoms with Gasteiger partial charge in [0.05, 0.1) is 25.1 Å². The van der Waals surface area contributed by atoms with Crippen LogP contribution in [0.25, 0.3) is 0 Å². The Morgan fingerprint density at radius 1 is 1.19 bits per heavy atom. The van der Waals surface area contributed by atoms with E-state index in [1.165, 1.54) is 23.1 Å². The monoisotopic (exact) mass is 390 g/mol. The van der Waals surface area contributed by atoms with Crippen molar-refractivity contribution in [1.82, 2.24) is 15.5 Å². The van der Waals surface area contributed by atoms with Crippen molar-refractivity contribution in [2.24, 2.45) is 0 Å². The Bertz CT molecular complexity index is 793. The van der Waals surface area contributed by atoms with E-state index in [1.807, 2.05) is 42.5 Å². The van der Waals surface area contributed by atoms with Gasteiger partial charge in [0.1, 0.15) is 18.1 Å². The van der Waals surface area contributed by atoms with Gasteiger partial charge in [-0.25, -0.2) is 0 Å². The van der Waals surface area contributed by atoms with Crippen molar-refractivity contribution in [2.75, 3.05) is 24.2 Å². The van der Waals surface area contributed by atoms with Crippen LogP contribution in [0.2, 0.25) is 0 Å². The van der Waals surface area contributed by atoms with E-state index in [0.29, 0.717) is 24.8 Å². The van der Waals surface area contributed by atoms with Crippen molar-refractivity contribution < 1.29 is 13.9 Å². The zero-order valence-electron chi connectivity index (χ0n) is 13.9. The second-order valence-corrected chi connectivity index (χ2v) is 7.31. The van der Waals surface area contributed by atoms with Crippen molar-refractivity contribution in [3.8, 4) is 5.75 Å². The molecule has 0 aliphatic carbocycles. The molecule has 0 spiro atoms. The Balaban J connectivity index is 1.30. The molecular weight excluding hydrogens is 372 g/mol. The summed E-state index contributed by atoms with van der Waals surface area (Å²) >= 11 is 2.76. The number of carbonyl (C=O) groups is 1. The summed E-state index contributed by atoms with van der Waals surface area (Å²) in [5.41, 5.74) is 0. The summed E-state index contributed by atoms with van der Waals surface area (Å²) in [5, 5.41) is 14.7. The van der Waals surface area contributed by atoms with Gasteiger partial charge in [-0.15, -0.1) is 10.2 Å². The zero-order valence-corrected chi connectivity index (χ0v) is 15.5. The number of carbonyl (C=O) groups excluding carboxylic acids is 1. The van der Waals surface area contributed by atoms with Crippen molar-refractivity contribution >= 4 is 34.1 Å². The third kappa shape index (κ3) is 6.08. The van der Waals surface area contributed by atoms with Crippen LogP contribution in [-0.4, -0.2) is 35.0 Å². The first-order chi connectivity index (χ1) is 12.8. The van der Waals surface area contributed by atoms with Crippen LogP contribution in [0.1, 0.15) is 5.76 Å². The lowest BCUT2D eigenvalue weighted by Crippen LogP contribution is -2.29. The van der Waals surface area contributed by atoms with Gasteiger partial charge in [0.2, 0.25) is 11.0 Å². The second kappa shape index (κ2) is 9.83. The van der Waals surface area contributed by atoms with Crippen LogP contribution in [0.4, 0.5) is 5.13 Å². The number of nitrogens with zero attached hydrogens (tertiary/aromatic N) is 2. The molecule has 0 aliphatic rings. The van der Waals surface area contributed by atoms with Gasteiger partial charge < -0.3 is 19.8 Å². The van der Waals surface area contributed by atoms with Gasteiger partial charge in [-0.3, -0.25) is 4.79 Å². The fourth-order valence-electron chi connectivity index (χ4n) is 1.97. The van der Waals surface area contributed by atoms with Crippen LogP contribution < -0.4 is 15.4 Å². The van der Waals surface area contributed by atoms with Crippen molar-refractivity contribution in [1.29, 1.82) is 0 Å². The summed E-state index contributed by atoms with van der Waals surface area (Å²) in [6.07, 6.45) is 1.63. The van der Waals surface area contributed by atoms with Crippen LogP contribution in [0.5, 0.6) is 5.75 Å². The first-order valence-corrected chi connectivity index (χ1v) is 9.77. The minimum Gasteiger partial charge on any atom is -0.492 e. The molecule has 0 atom stereocenters. The maximum Gasteiger partial charge on any atom is 0.230 e. The largest absolute Gasteiger partial charge is 0.492 e. The smallest absolute Gasteiger partial charge is 0.230 e. The number of benzene rings is 1. The molecule has 3 aromatic rings. The number of anilines is 1. The van der Waals surface area contributed by atoms with Crippen molar-refractivity contribution in [3.63, 3.8) is 0 Å². The number of aromatic nitrogens is 2. The summed E-state index contributed by atoms with van der Waals surface area (Å²) in [6, 6.07) is 13.2. The van der Waals surface area contributed by atoms with Gasteiger partial charge in [0.25, 0.3) is 0 Å². The van der Waals surface area contributed by atoms with E-state index in [1.54, 1.807) is 6.26 Å². The Hall–Kier alpha value is -2.52. The van der Waals surface area contributed by atoms with Crippen molar-refractivity contribution in [2.45, 2.75) is 10.9 Å². The van der Waals surface area contributed by atoms with E-state index in [2.05, 4.69) is 20.8 Å². The minimum atomic E-state index is -0.0630. The highest BCUT2D eigenvalue weighted by molar-refractivity contribution is 8.01. The lowest BCUT2D eigenvalue weighted by molar-refractivity contribution is -0.118. The highest BCUT2D eigenvalue weighted by Crippen LogP contribution is 2.25. The number of hydrogen-bond acceptors (Lipinski definition) is 8. The standard InChI is InChI=1S/C17H18N4O3S2/c22-15(18-8-10-24-13-5-2-1-3-6-13)12-25-17-21-20-16(26-17)19-11-14-7-4-9-23-14/h1-7,9H,8,10-12H2,(H,18,22)(H,19,20). The quantitative estimate of drug-likeness (QED) is 0.406. The minimum absolute atomic E-state index is 0.0630. The normalized spacial score (nSPS) is 10.5. The molecule has 2 heterocycles. The first-order valence-electron chi connectivity index (χ1n) is 7.97. The highest BCUT2D eigenvalue weighted by atomic mass is 32.2. The second-order valence-electron chi connectivity index (χ2n) is 5.11. The Morgan fingerprint density at radius 3 is 2.88 bits per heavy atom. The Kier molecular flexibility index (Phi) is 6.91. The lowest BCUT2D eigenvalue weighted by Gasteiger charge is -2.07. The van der Waals surface area contributed by atoms with Gasteiger partial charge in [-0.05, 0) is 24.3 Å². The van der Waals surface area contributed by atoms with Crippen LogP contribution >= 0.6 is 23.1 Å². The molecule has 0 fully saturated rings. The fourth-order valence-corrected chi connectivity index (χ4v) is 3.55. The molecule has 7 nitrogen and oxygen atoms in total. The number of hydrogen-bond donors (Lipinski definition) is 2. The van der Waals surface area contributed by atoms with E-state index in [4.69, 9.17) is 9.15 Å². The molecule has 0 bridgehead atoms. The van der Waals surface area contributed by atoms with E-state index in [9.17, 15) is 4.79 Å². The fraction of sp³-hybridized carbons (Fsp3) is 0.235. The van der Waals surface area contributed by atoms with Gasteiger partial charge in [0.15, 0.2) is 4.34 Å². The van der Waals surface area contributed by atoms with Crippen LogP contribution in [-0.2, 0) is 11.3 Å². The molecule has 0 saturated heterocycles. The summed E-state index contributed by atoms with van der Waals surface area (Å²) < 4.78 is 11.5. The Morgan fingerprint density at radius 2 is 2.08 bits per heavy atom. The topological polar surface area (TPSA) is 89.3 Å². The molecule has 26 heavy (non-hydrogen) atoms. The van der Waals surface area contributed by atoms with Gasteiger partial charge in [-0.1, -0.05) is 41.3 Å². The molecule has 1 aromatic carbocycles. The summed E-state index contributed by atoms with van der Waals surface area (Å²) in [7, 11) is 0. The summed E-state index contributed by atoms with van der Waals surface area (Å²) in [4.78, 5) is 11.9. The van der Waals surface area contributed by atoms with E-state index >= 15 is 0 Å². The number of furan rings is 1. The average Bonchev–Trinajstić information content (AvgIpc) is 3.34. The van der Waals surface area contributed by atoms with Crippen LogP contribution in [0, 0.1) is 0 Å². The maximum atomic E-state index is 11.9. The average molecular weight is 390 g/mol. The molecule has 0 radical (unpaired) electrons. The SMILES string of the molecule is O=C(CSc1nnc(NCc2ccco2)s1)NCCOc1ccccc1. The summed E-state index contributed by atoms with van der Waals surface area (Å²) in [6.45, 7) is 1.44. The van der Waals surface area contributed by atoms with E-state index < -0.39 is 0 Å². The van der Waals surface area contributed by atoms with Gasteiger partial charge >= 0.3 is 0 Å². The number of ether oxygens (including phenoxy) is 1. The lowest BCUT2D eigenvalue weighted by atomic mass is 10.3. The van der Waals surface area contributed by atoms with Gasteiger partial charge in [-0.2, -0.15) is 0 Å². The molecule has 1 amide bonds. The Labute approximate surface area is 159 Å². The number of rotatable bonds is 10. The molecule has 2 N–H and O–H groups in total. The molecule has 0 unspecified atom stereocenters. The molecular formula is C17H18N4O3S2. The predicted octanol–water partition coefficient (Wildman–Crippen LogP) is 3.03. The van der Waals surface area contributed by atoms with Crippen molar-refractivity contribution in [3.05, 3.63) is 54.5 Å². The number of nitrogens with one attached hydrogen (secondary N) is 2. The molecule has 0 saturated carbocycles. The first kappa shape index (κ1) is 18.3. The van der Waals surface area contributed by atoms with Gasteiger partial charge in [0, 0.05) is 0 Å². The molecule has 3 rings (SSSR count). The van der Waals surface area contributed by atoms with E-state index in [0.717, 1.165) is 15.8 Å². The predicted molar refractivity (Wildman–Crippen MR) is 102 cm³/mol. The van der Waals surface area contributed by atoms with Crippen LogP contribution in [0.3, 0.4) is 0 Å². The van der Waals surface area contributed by atoms with E-state index in [-0.39, 0.29) is 11.7 Å². The molecule has 9 heteroatoms. The number of thioether (sulfide) groups is 1. The number of amides is 1. The molecule has 0 aliphatic heterocycles. The third-order valence-corrected chi connectivity index (χ3v) is 5.18. The number of para-hydroxylation sites is 1. The maximum absolute atomic E-state index is 11.9. The molecule has 2 aromatic heterocycles. The third-order valence-electron chi connectivity index (χ3n) is 3.16. The summed E-state index contributed by atoms with van der Waals surface area (Å²) in [5.74, 6) is 1.84. The van der Waals surface area contributed by atoms with Crippen LogP contribution in [0.15, 0.2) is 57.5 Å².